The topological polar surface area (TPSA) is 57.0 Å². The molecule has 0 N–H and O–H groups in total. The van der Waals surface area contributed by atoms with E-state index in [4.69, 9.17) is 9.72 Å². The van der Waals surface area contributed by atoms with Crippen LogP contribution in [0.4, 0.5) is 0 Å². The highest BCUT2D eigenvalue weighted by Crippen LogP contribution is 2.42. The number of benzene rings is 1. The predicted molar refractivity (Wildman–Crippen MR) is 112 cm³/mol. The third-order valence-corrected chi connectivity index (χ3v) is 5.88. The number of aryl methyl sites for hydroxylation is 3. The van der Waals surface area contributed by atoms with Gasteiger partial charge in [-0.05, 0) is 75.3 Å². The number of pyridine rings is 1. The minimum atomic E-state index is 0.0195. The van der Waals surface area contributed by atoms with Crippen LogP contribution in [0.1, 0.15) is 49.0 Å². The SMILES string of the molecule is CC[C@H](C1CC1)n1c(=O)c(C)nc2c(-c3cc(C)c(OC)cc3C)nccc21. The number of hydrogen-bond acceptors (Lipinski definition) is 4. The Bertz CT molecular complexity index is 1110. The monoisotopic (exact) mass is 377 g/mol. The summed E-state index contributed by atoms with van der Waals surface area (Å²) in [6.45, 7) is 8.05. The lowest BCUT2D eigenvalue weighted by Crippen LogP contribution is -2.29. The maximum atomic E-state index is 13.0. The Hall–Kier alpha value is -2.69. The first kappa shape index (κ1) is 18.7. The van der Waals surface area contributed by atoms with E-state index in [0.717, 1.165) is 45.6 Å². The van der Waals surface area contributed by atoms with E-state index >= 15 is 0 Å². The fourth-order valence-corrected chi connectivity index (χ4v) is 4.25. The van der Waals surface area contributed by atoms with E-state index in [0.29, 0.717) is 11.6 Å². The van der Waals surface area contributed by atoms with E-state index in [1.165, 1.54) is 12.8 Å². The van der Waals surface area contributed by atoms with Gasteiger partial charge in [-0.3, -0.25) is 9.78 Å². The van der Waals surface area contributed by atoms with Crippen LogP contribution in [0.15, 0.2) is 29.2 Å². The van der Waals surface area contributed by atoms with Crippen LogP contribution in [0.3, 0.4) is 0 Å². The van der Waals surface area contributed by atoms with Crippen LogP contribution in [-0.4, -0.2) is 21.6 Å². The van der Waals surface area contributed by atoms with Crippen LogP contribution >= 0.6 is 0 Å². The quantitative estimate of drug-likeness (QED) is 0.644. The zero-order valence-corrected chi connectivity index (χ0v) is 17.2. The Balaban J connectivity index is 2.01. The fraction of sp³-hybridized carbons (Fsp3) is 0.435. The van der Waals surface area contributed by atoms with Gasteiger partial charge in [-0.25, -0.2) is 4.98 Å². The van der Waals surface area contributed by atoms with Gasteiger partial charge in [-0.1, -0.05) is 6.92 Å². The van der Waals surface area contributed by atoms with Crippen LogP contribution < -0.4 is 10.3 Å². The summed E-state index contributed by atoms with van der Waals surface area (Å²) in [7, 11) is 1.68. The van der Waals surface area contributed by atoms with Gasteiger partial charge in [0.15, 0.2) is 0 Å². The summed E-state index contributed by atoms with van der Waals surface area (Å²) in [5, 5.41) is 0. The number of nitrogens with zero attached hydrogens (tertiary/aromatic N) is 3. The maximum Gasteiger partial charge on any atom is 0.272 e. The normalized spacial score (nSPS) is 15.0. The molecular formula is C23H27N3O2. The highest BCUT2D eigenvalue weighted by Gasteiger charge is 2.33. The molecule has 0 bridgehead atoms. The average Bonchev–Trinajstić information content (AvgIpc) is 3.51. The molecule has 0 spiro atoms. The summed E-state index contributed by atoms with van der Waals surface area (Å²) in [5.41, 5.74) is 6.21. The van der Waals surface area contributed by atoms with Crippen molar-refractivity contribution in [1.29, 1.82) is 0 Å². The summed E-state index contributed by atoms with van der Waals surface area (Å²) in [4.78, 5) is 22.4. The largest absolute Gasteiger partial charge is 0.496 e. The fourth-order valence-electron chi connectivity index (χ4n) is 4.25. The first-order valence-electron chi connectivity index (χ1n) is 9.99. The number of methoxy groups -OCH3 is 1. The molecular weight excluding hydrogens is 350 g/mol. The lowest BCUT2D eigenvalue weighted by atomic mass is 10.00. The molecule has 1 saturated carbocycles. The van der Waals surface area contributed by atoms with Crippen LogP contribution in [-0.2, 0) is 0 Å². The number of aromatic nitrogens is 3. The summed E-state index contributed by atoms with van der Waals surface area (Å²) >= 11 is 0. The molecule has 4 rings (SSSR count). The van der Waals surface area contributed by atoms with Gasteiger partial charge in [0.1, 0.15) is 17.0 Å². The van der Waals surface area contributed by atoms with E-state index in [9.17, 15) is 4.79 Å². The lowest BCUT2D eigenvalue weighted by Gasteiger charge is -2.21. The molecule has 28 heavy (non-hydrogen) atoms. The van der Waals surface area contributed by atoms with Gasteiger partial charge < -0.3 is 9.30 Å². The van der Waals surface area contributed by atoms with Crippen molar-refractivity contribution in [2.45, 2.75) is 53.0 Å². The van der Waals surface area contributed by atoms with E-state index in [2.05, 4.69) is 24.9 Å². The molecule has 2 aromatic heterocycles. The summed E-state index contributed by atoms with van der Waals surface area (Å²) in [5.74, 6) is 1.46. The highest BCUT2D eigenvalue weighted by atomic mass is 16.5. The zero-order valence-electron chi connectivity index (χ0n) is 17.2. The highest BCUT2D eigenvalue weighted by molar-refractivity contribution is 5.90. The minimum Gasteiger partial charge on any atom is -0.496 e. The van der Waals surface area contributed by atoms with Crippen LogP contribution in [0.5, 0.6) is 5.75 Å². The Kier molecular flexibility index (Phi) is 4.69. The van der Waals surface area contributed by atoms with Crippen LogP contribution in [0, 0.1) is 26.7 Å². The molecule has 0 radical (unpaired) electrons. The molecule has 2 heterocycles. The van der Waals surface area contributed by atoms with Crippen molar-refractivity contribution < 1.29 is 4.74 Å². The van der Waals surface area contributed by atoms with Crippen molar-refractivity contribution in [2.75, 3.05) is 7.11 Å². The second-order valence-corrected chi connectivity index (χ2v) is 7.85. The van der Waals surface area contributed by atoms with Gasteiger partial charge in [0, 0.05) is 17.8 Å². The van der Waals surface area contributed by atoms with E-state index in [-0.39, 0.29) is 11.6 Å². The first-order chi connectivity index (χ1) is 13.5. The standard InChI is InChI=1S/C23H27N3O2/c1-6-18(16-7-8-16)26-19-9-10-24-21(22(19)25-15(4)23(26)27)17-11-14(3)20(28-5)12-13(17)2/h9-12,16,18H,6-8H2,1-5H3/t18-/m1/s1. The van der Waals surface area contributed by atoms with Crippen molar-refractivity contribution >= 4 is 11.0 Å². The van der Waals surface area contributed by atoms with Gasteiger partial charge >= 0.3 is 0 Å². The lowest BCUT2D eigenvalue weighted by molar-refractivity contribution is 0.411. The van der Waals surface area contributed by atoms with E-state index in [1.807, 2.05) is 23.6 Å². The van der Waals surface area contributed by atoms with Gasteiger partial charge in [0.25, 0.3) is 5.56 Å². The predicted octanol–water partition coefficient (Wildman–Crippen LogP) is 4.75. The molecule has 0 amide bonds. The molecule has 1 aromatic carbocycles. The second kappa shape index (κ2) is 7.04. The van der Waals surface area contributed by atoms with Gasteiger partial charge in [0.2, 0.25) is 0 Å². The first-order valence-corrected chi connectivity index (χ1v) is 9.99. The molecule has 1 aliphatic carbocycles. The van der Waals surface area contributed by atoms with Gasteiger partial charge in [0.05, 0.1) is 18.3 Å². The third-order valence-electron chi connectivity index (χ3n) is 5.88. The molecule has 5 heteroatoms. The van der Waals surface area contributed by atoms with E-state index < -0.39 is 0 Å². The summed E-state index contributed by atoms with van der Waals surface area (Å²) in [6.07, 6.45) is 5.13. The molecule has 1 aliphatic rings. The van der Waals surface area contributed by atoms with Crippen molar-refractivity contribution in [2.24, 2.45) is 5.92 Å². The summed E-state index contributed by atoms with van der Waals surface area (Å²) in [6, 6.07) is 6.29. The average molecular weight is 377 g/mol. The van der Waals surface area contributed by atoms with Gasteiger partial charge in [-0.2, -0.15) is 0 Å². The maximum absolute atomic E-state index is 13.0. The molecule has 3 aromatic rings. The molecule has 0 unspecified atom stereocenters. The Morgan fingerprint density at radius 1 is 1.21 bits per heavy atom. The van der Waals surface area contributed by atoms with Crippen molar-refractivity contribution in [3.8, 4) is 17.0 Å². The van der Waals surface area contributed by atoms with Crippen molar-refractivity contribution in [1.82, 2.24) is 14.5 Å². The molecule has 0 saturated heterocycles. The second-order valence-electron chi connectivity index (χ2n) is 7.85. The van der Waals surface area contributed by atoms with Crippen LogP contribution in [0.2, 0.25) is 0 Å². The number of rotatable bonds is 5. The molecule has 5 nitrogen and oxygen atoms in total. The molecule has 146 valence electrons. The number of hydrogen-bond donors (Lipinski definition) is 0. The van der Waals surface area contributed by atoms with Crippen LogP contribution in [0.25, 0.3) is 22.3 Å². The van der Waals surface area contributed by atoms with E-state index in [1.54, 1.807) is 20.2 Å². The minimum absolute atomic E-state index is 0.0195. The molecule has 0 aliphatic heterocycles. The Morgan fingerprint density at radius 2 is 1.96 bits per heavy atom. The Labute approximate surface area is 165 Å². The number of ether oxygens (including phenoxy) is 1. The third kappa shape index (κ3) is 2.99. The van der Waals surface area contributed by atoms with Crippen molar-refractivity contribution in [3.63, 3.8) is 0 Å². The molecule has 1 fully saturated rings. The smallest absolute Gasteiger partial charge is 0.272 e. The molecule has 1 atom stereocenters. The van der Waals surface area contributed by atoms with Gasteiger partial charge in [-0.15, -0.1) is 0 Å². The van der Waals surface area contributed by atoms with Crippen molar-refractivity contribution in [3.05, 3.63) is 51.6 Å². The Morgan fingerprint density at radius 3 is 2.61 bits per heavy atom. The zero-order chi connectivity index (χ0) is 20.0. The number of fused-ring (bicyclic) bond motifs is 1. The summed E-state index contributed by atoms with van der Waals surface area (Å²) < 4.78 is 7.43.